The zero-order valence-corrected chi connectivity index (χ0v) is 16.4. The van der Waals surface area contributed by atoms with Gasteiger partial charge in [-0.25, -0.2) is 14.5 Å². The van der Waals surface area contributed by atoms with Gasteiger partial charge in [-0.05, 0) is 43.5 Å². The van der Waals surface area contributed by atoms with Gasteiger partial charge >= 0.3 is 0 Å². The lowest BCUT2D eigenvalue weighted by Gasteiger charge is -2.22. The average molecular weight is 379 g/mol. The number of rotatable bonds is 2. The van der Waals surface area contributed by atoms with E-state index in [1.165, 1.54) is 15.8 Å². The summed E-state index contributed by atoms with van der Waals surface area (Å²) >= 11 is 1.82. The zero-order valence-electron chi connectivity index (χ0n) is 15.6. The van der Waals surface area contributed by atoms with Crippen molar-refractivity contribution in [3.63, 3.8) is 0 Å². The third-order valence-electron chi connectivity index (χ3n) is 5.26. The van der Waals surface area contributed by atoms with Crippen LogP contribution in [0, 0.1) is 13.8 Å². The standard InChI is InChI=1S/C20H22N6S/c1-14-4-5-15(2)19-18(14)22-20(27-19)25-10-3-9-24(12-13-25)17-7-6-16-21-8-11-26(16)23-17/h4-8,11H,3,9-10,12-13H2,1-2H3. The van der Waals surface area contributed by atoms with Crippen molar-refractivity contribution in [2.75, 3.05) is 36.0 Å². The van der Waals surface area contributed by atoms with E-state index in [4.69, 9.17) is 10.1 Å². The van der Waals surface area contributed by atoms with E-state index in [9.17, 15) is 0 Å². The van der Waals surface area contributed by atoms with Gasteiger partial charge in [0.1, 0.15) is 5.82 Å². The first-order chi connectivity index (χ1) is 13.2. The number of nitrogens with zero attached hydrogens (tertiary/aromatic N) is 6. The fourth-order valence-corrected chi connectivity index (χ4v) is 4.86. The Morgan fingerprint density at radius 1 is 0.926 bits per heavy atom. The zero-order chi connectivity index (χ0) is 18.4. The molecule has 1 aliphatic heterocycles. The molecule has 4 aromatic rings. The average Bonchev–Trinajstić information content (AvgIpc) is 3.26. The molecular formula is C20H22N6S. The minimum absolute atomic E-state index is 0.885. The van der Waals surface area contributed by atoms with Crippen LogP contribution in [0.2, 0.25) is 0 Å². The lowest BCUT2D eigenvalue weighted by Crippen LogP contribution is -2.31. The van der Waals surface area contributed by atoms with E-state index in [0.29, 0.717) is 0 Å². The molecule has 27 heavy (non-hydrogen) atoms. The third-order valence-corrected chi connectivity index (χ3v) is 6.51. The molecule has 0 spiro atoms. The van der Waals surface area contributed by atoms with Crippen LogP contribution >= 0.6 is 11.3 Å². The summed E-state index contributed by atoms with van der Waals surface area (Å²) in [5.74, 6) is 1.01. The van der Waals surface area contributed by atoms with Gasteiger partial charge in [0.15, 0.2) is 10.8 Å². The Kier molecular flexibility index (Phi) is 3.97. The molecule has 138 valence electrons. The molecule has 0 unspecified atom stereocenters. The normalized spacial score (nSPS) is 15.6. The van der Waals surface area contributed by atoms with Crippen LogP contribution in [0.25, 0.3) is 15.9 Å². The quantitative estimate of drug-likeness (QED) is 0.533. The van der Waals surface area contributed by atoms with E-state index < -0.39 is 0 Å². The smallest absolute Gasteiger partial charge is 0.186 e. The molecule has 0 saturated carbocycles. The maximum absolute atomic E-state index is 4.97. The highest BCUT2D eigenvalue weighted by atomic mass is 32.1. The first-order valence-corrected chi connectivity index (χ1v) is 10.2. The molecule has 3 aromatic heterocycles. The van der Waals surface area contributed by atoms with E-state index in [1.54, 1.807) is 6.20 Å². The summed E-state index contributed by atoms with van der Waals surface area (Å²) in [7, 11) is 0. The fraction of sp³-hybridized carbons (Fsp3) is 0.350. The second kappa shape index (κ2) is 6.49. The van der Waals surface area contributed by atoms with E-state index in [-0.39, 0.29) is 0 Å². The Labute approximate surface area is 162 Å². The summed E-state index contributed by atoms with van der Waals surface area (Å²) in [5.41, 5.74) is 4.61. The Morgan fingerprint density at radius 2 is 1.74 bits per heavy atom. The summed E-state index contributed by atoms with van der Waals surface area (Å²) in [4.78, 5) is 14.0. The van der Waals surface area contributed by atoms with Crippen LogP contribution in [0.15, 0.2) is 36.7 Å². The van der Waals surface area contributed by atoms with Crippen LogP contribution in [0.1, 0.15) is 17.5 Å². The van der Waals surface area contributed by atoms with E-state index in [2.05, 4.69) is 46.8 Å². The molecule has 0 aliphatic carbocycles. The molecular weight excluding hydrogens is 356 g/mol. The minimum atomic E-state index is 0.885. The fourth-order valence-electron chi connectivity index (χ4n) is 3.69. The van der Waals surface area contributed by atoms with Crippen LogP contribution in [0.3, 0.4) is 0 Å². The highest BCUT2D eigenvalue weighted by Crippen LogP contribution is 2.33. The number of anilines is 2. The molecule has 1 aromatic carbocycles. The molecule has 1 fully saturated rings. The molecule has 4 heterocycles. The minimum Gasteiger partial charge on any atom is -0.353 e. The van der Waals surface area contributed by atoms with Crippen LogP contribution < -0.4 is 9.80 Å². The van der Waals surface area contributed by atoms with Crippen LogP contribution in [0.5, 0.6) is 0 Å². The second-order valence-electron chi connectivity index (χ2n) is 7.12. The van der Waals surface area contributed by atoms with Gasteiger partial charge in [-0.15, -0.1) is 5.10 Å². The number of benzene rings is 1. The van der Waals surface area contributed by atoms with Gasteiger partial charge in [0.25, 0.3) is 0 Å². The van der Waals surface area contributed by atoms with Crippen molar-refractivity contribution in [3.8, 4) is 0 Å². The van der Waals surface area contributed by atoms with Crippen molar-refractivity contribution in [1.82, 2.24) is 19.6 Å². The molecule has 1 saturated heterocycles. The molecule has 0 bridgehead atoms. The number of aromatic nitrogens is 4. The second-order valence-corrected chi connectivity index (χ2v) is 8.10. The summed E-state index contributed by atoms with van der Waals surface area (Å²) in [6, 6.07) is 8.47. The topological polar surface area (TPSA) is 49.6 Å². The molecule has 5 rings (SSSR count). The Morgan fingerprint density at radius 3 is 2.63 bits per heavy atom. The Balaban J connectivity index is 1.39. The third kappa shape index (κ3) is 2.92. The van der Waals surface area contributed by atoms with Gasteiger partial charge in [0.05, 0.1) is 10.2 Å². The SMILES string of the molecule is Cc1ccc(C)c2sc(N3CCCN(c4ccc5nccn5n4)CC3)nc12. The van der Waals surface area contributed by atoms with Gasteiger partial charge in [0.2, 0.25) is 0 Å². The van der Waals surface area contributed by atoms with Gasteiger partial charge in [-0.1, -0.05) is 23.5 Å². The Bertz CT molecular complexity index is 1080. The van der Waals surface area contributed by atoms with E-state index >= 15 is 0 Å². The monoisotopic (exact) mass is 378 g/mol. The van der Waals surface area contributed by atoms with Crippen molar-refractivity contribution >= 4 is 38.2 Å². The molecule has 6 nitrogen and oxygen atoms in total. The largest absolute Gasteiger partial charge is 0.353 e. The van der Waals surface area contributed by atoms with Crippen LogP contribution in [0.4, 0.5) is 10.9 Å². The maximum Gasteiger partial charge on any atom is 0.186 e. The number of aryl methyl sites for hydroxylation is 2. The molecule has 0 radical (unpaired) electrons. The van der Waals surface area contributed by atoms with Gasteiger partial charge in [-0.2, -0.15) is 0 Å². The van der Waals surface area contributed by atoms with Crippen LogP contribution in [-0.2, 0) is 0 Å². The first kappa shape index (κ1) is 16.5. The number of thiazole rings is 1. The highest BCUT2D eigenvalue weighted by Gasteiger charge is 2.20. The molecule has 7 heteroatoms. The highest BCUT2D eigenvalue weighted by molar-refractivity contribution is 7.22. The van der Waals surface area contributed by atoms with Gasteiger partial charge in [-0.3, -0.25) is 0 Å². The predicted octanol–water partition coefficient (Wildman–Crippen LogP) is 3.67. The summed E-state index contributed by atoms with van der Waals surface area (Å²) < 4.78 is 3.16. The number of hydrogen-bond donors (Lipinski definition) is 0. The predicted molar refractivity (Wildman–Crippen MR) is 111 cm³/mol. The van der Waals surface area contributed by atoms with Crippen molar-refractivity contribution in [1.29, 1.82) is 0 Å². The summed E-state index contributed by atoms with van der Waals surface area (Å²) in [6.07, 6.45) is 4.78. The molecule has 0 N–H and O–H groups in total. The lowest BCUT2D eigenvalue weighted by molar-refractivity contribution is 0.776. The summed E-state index contributed by atoms with van der Waals surface area (Å²) in [6.45, 7) is 8.26. The van der Waals surface area contributed by atoms with Crippen molar-refractivity contribution in [2.45, 2.75) is 20.3 Å². The molecule has 1 aliphatic rings. The van der Waals surface area contributed by atoms with E-state index in [0.717, 1.165) is 54.7 Å². The molecule has 0 atom stereocenters. The van der Waals surface area contributed by atoms with Crippen LogP contribution in [-0.4, -0.2) is 45.8 Å². The maximum atomic E-state index is 4.97. The van der Waals surface area contributed by atoms with Crippen molar-refractivity contribution in [2.24, 2.45) is 0 Å². The van der Waals surface area contributed by atoms with Crippen molar-refractivity contribution in [3.05, 3.63) is 47.8 Å². The number of imidazole rings is 1. The Hall–Kier alpha value is -2.67. The summed E-state index contributed by atoms with van der Waals surface area (Å²) in [5, 5.41) is 5.85. The van der Waals surface area contributed by atoms with Gasteiger partial charge in [0, 0.05) is 38.6 Å². The first-order valence-electron chi connectivity index (χ1n) is 9.36. The lowest BCUT2D eigenvalue weighted by atomic mass is 10.1. The van der Waals surface area contributed by atoms with E-state index in [1.807, 2.05) is 28.1 Å². The number of hydrogen-bond acceptors (Lipinski definition) is 6. The number of fused-ring (bicyclic) bond motifs is 2. The van der Waals surface area contributed by atoms with Crippen molar-refractivity contribution < 1.29 is 0 Å². The van der Waals surface area contributed by atoms with Gasteiger partial charge < -0.3 is 9.80 Å². The molecule has 0 amide bonds.